The summed E-state index contributed by atoms with van der Waals surface area (Å²) in [5, 5.41) is 9.45. The third kappa shape index (κ3) is 4.72. The Labute approximate surface area is 106 Å². The van der Waals surface area contributed by atoms with E-state index in [9.17, 15) is 18.3 Å². The standard InChI is InChI=1S/C11H15NO5S/c1-2-17-11(14)8-18(15,16)12-7-9-5-3-4-6-10(9)13/h3-6,12-13H,2,7-8H2,1H3. The minimum Gasteiger partial charge on any atom is -0.508 e. The third-order valence-corrected chi connectivity index (χ3v) is 3.29. The molecule has 0 saturated heterocycles. The molecule has 1 rings (SSSR count). The molecular formula is C11H15NO5S. The number of nitrogens with one attached hydrogen (secondary N) is 1. The molecule has 0 amide bonds. The van der Waals surface area contributed by atoms with Gasteiger partial charge in [-0.05, 0) is 13.0 Å². The molecule has 18 heavy (non-hydrogen) atoms. The molecule has 1 aromatic carbocycles. The van der Waals surface area contributed by atoms with E-state index in [1.165, 1.54) is 6.07 Å². The number of esters is 1. The fourth-order valence-electron chi connectivity index (χ4n) is 1.26. The molecule has 0 spiro atoms. The number of para-hydroxylation sites is 1. The molecule has 6 nitrogen and oxygen atoms in total. The Hall–Kier alpha value is -1.60. The van der Waals surface area contributed by atoms with Gasteiger partial charge in [0.1, 0.15) is 5.75 Å². The second-order valence-corrected chi connectivity index (χ2v) is 5.32. The molecule has 0 radical (unpaired) electrons. The lowest BCUT2D eigenvalue weighted by atomic mass is 10.2. The maximum atomic E-state index is 11.5. The number of carbonyl (C=O) groups excluding carboxylic acids is 1. The summed E-state index contributed by atoms with van der Waals surface area (Å²) < 4.78 is 29.8. The van der Waals surface area contributed by atoms with Crippen molar-refractivity contribution in [1.82, 2.24) is 4.72 Å². The van der Waals surface area contributed by atoms with E-state index in [-0.39, 0.29) is 18.9 Å². The maximum absolute atomic E-state index is 11.5. The number of benzene rings is 1. The second-order valence-electron chi connectivity index (χ2n) is 3.51. The summed E-state index contributed by atoms with van der Waals surface area (Å²) in [5.74, 6) is -1.53. The van der Waals surface area contributed by atoms with E-state index in [1.54, 1.807) is 25.1 Å². The quantitative estimate of drug-likeness (QED) is 0.731. The monoisotopic (exact) mass is 273 g/mol. The highest BCUT2D eigenvalue weighted by atomic mass is 32.2. The lowest BCUT2D eigenvalue weighted by molar-refractivity contribution is -0.139. The van der Waals surface area contributed by atoms with Gasteiger partial charge < -0.3 is 9.84 Å². The number of sulfonamides is 1. The van der Waals surface area contributed by atoms with Gasteiger partial charge in [-0.3, -0.25) is 4.79 Å². The van der Waals surface area contributed by atoms with E-state index in [2.05, 4.69) is 9.46 Å². The van der Waals surface area contributed by atoms with Crippen LogP contribution in [0, 0.1) is 0 Å². The highest BCUT2D eigenvalue weighted by molar-refractivity contribution is 7.90. The van der Waals surface area contributed by atoms with E-state index < -0.39 is 21.7 Å². The van der Waals surface area contributed by atoms with Gasteiger partial charge in [-0.1, -0.05) is 18.2 Å². The van der Waals surface area contributed by atoms with Crippen LogP contribution in [0.3, 0.4) is 0 Å². The zero-order chi connectivity index (χ0) is 13.6. The van der Waals surface area contributed by atoms with Crippen molar-refractivity contribution in [2.24, 2.45) is 0 Å². The van der Waals surface area contributed by atoms with Crippen LogP contribution in [0.4, 0.5) is 0 Å². The Morgan fingerprint density at radius 2 is 2.06 bits per heavy atom. The van der Waals surface area contributed by atoms with Crippen molar-refractivity contribution in [3.8, 4) is 5.75 Å². The van der Waals surface area contributed by atoms with Gasteiger partial charge in [0, 0.05) is 12.1 Å². The first-order valence-electron chi connectivity index (χ1n) is 5.34. The van der Waals surface area contributed by atoms with Crippen molar-refractivity contribution < 1.29 is 23.1 Å². The smallest absolute Gasteiger partial charge is 0.322 e. The summed E-state index contributed by atoms with van der Waals surface area (Å²) in [6, 6.07) is 6.35. The van der Waals surface area contributed by atoms with Crippen LogP contribution in [0.15, 0.2) is 24.3 Å². The van der Waals surface area contributed by atoms with Crippen LogP contribution in [-0.2, 0) is 26.1 Å². The number of ether oxygens (including phenoxy) is 1. The van der Waals surface area contributed by atoms with Crippen LogP contribution in [0.25, 0.3) is 0 Å². The molecule has 0 bridgehead atoms. The summed E-state index contributed by atoms with van der Waals surface area (Å²) in [5.41, 5.74) is 0.435. The zero-order valence-electron chi connectivity index (χ0n) is 9.92. The number of aromatic hydroxyl groups is 1. The zero-order valence-corrected chi connectivity index (χ0v) is 10.7. The van der Waals surface area contributed by atoms with E-state index in [0.717, 1.165) is 0 Å². The molecule has 0 unspecified atom stereocenters. The molecule has 0 saturated carbocycles. The predicted molar refractivity (Wildman–Crippen MR) is 65.4 cm³/mol. The van der Waals surface area contributed by atoms with Gasteiger partial charge in [0.05, 0.1) is 6.61 Å². The van der Waals surface area contributed by atoms with E-state index in [4.69, 9.17) is 0 Å². The molecule has 1 aromatic rings. The summed E-state index contributed by atoms with van der Waals surface area (Å²) in [6.07, 6.45) is 0. The summed E-state index contributed by atoms with van der Waals surface area (Å²) in [7, 11) is -3.75. The van der Waals surface area contributed by atoms with E-state index in [0.29, 0.717) is 5.56 Å². The van der Waals surface area contributed by atoms with Crippen LogP contribution >= 0.6 is 0 Å². The largest absolute Gasteiger partial charge is 0.508 e. The average molecular weight is 273 g/mol. The van der Waals surface area contributed by atoms with Gasteiger partial charge in [-0.2, -0.15) is 0 Å². The van der Waals surface area contributed by atoms with Gasteiger partial charge in [0.2, 0.25) is 10.0 Å². The number of rotatable bonds is 6. The third-order valence-electron chi connectivity index (χ3n) is 2.09. The minimum atomic E-state index is -3.75. The van der Waals surface area contributed by atoms with Crippen LogP contribution in [-0.4, -0.2) is 31.9 Å². The molecule has 2 N–H and O–H groups in total. The lowest BCUT2D eigenvalue weighted by Crippen LogP contribution is -2.30. The number of phenols is 1. The Kier molecular flexibility index (Phi) is 5.11. The first-order valence-corrected chi connectivity index (χ1v) is 6.99. The molecular weight excluding hydrogens is 258 g/mol. The van der Waals surface area contributed by atoms with Crippen LogP contribution in [0.2, 0.25) is 0 Å². The summed E-state index contributed by atoms with van der Waals surface area (Å²) in [4.78, 5) is 11.0. The Morgan fingerprint density at radius 1 is 1.39 bits per heavy atom. The number of phenolic OH excluding ortho intramolecular Hbond substituents is 1. The predicted octanol–water partition coefficient (Wildman–Crippen LogP) is 0.375. The van der Waals surface area contributed by atoms with Crippen molar-refractivity contribution in [3.05, 3.63) is 29.8 Å². The fourth-order valence-corrected chi connectivity index (χ4v) is 2.13. The average Bonchev–Trinajstić information content (AvgIpc) is 2.27. The molecule has 0 fully saturated rings. The van der Waals surface area contributed by atoms with Crippen LogP contribution < -0.4 is 4.72 Å². The van der Waals surface area contributed by atoms with Gasteiger partial charge in [-0.25, -0.2) is 13.1 Å². The molecule has 0 aliphatic heterocycles. The normalized spacial score (nSPS) is 11.2. The Bertz CT molecular complexity index is 512. The SMILES string of the molecule is CCOC(=O)CS(=O)(=O)NCc1ccccc1O. The van der Waals surface area contributed by atoms with Crippen molar-refractivity contribution >= 4 is 16.0 Å². The van der Waals surface area contributed by atoms with E-state index in [1.807, 2.05) is 0 Å². The molecule has 7 heteroatoms. The number of carbonyl (C=O) groups is 1. The first-order chi connectivity index (χ1) is 8.44. The Balaban J connectivity index is 2.57. The van der Waals surface area contributed by atoms with Crippen molar-refractivity contribution in [1.29, 1.82) is 0 Å². The number of hydrogen-bond acceptors (Lipinski definition) is 5. The molecule has 0 aliphatic rings. The van der Waals surface area contributed by atoms with E-state index >= 15 is 0 Å². The van der Waals surface area contributed by atoms with Gasteiger partial charge >= 0.3 is 5.97 Å². The second kappa shape index (κ2) is 6.36. The van der Waals surface area contributed by atoms with Crippen molar-refractivity contribution in [2.45, 2.75) is 13.5 Å². The van der Waals surface area contributed by atoms with Gasteiger partial charge in [0.25, 0.3) is 0 Å². The van der Waals surface area contributed by atoms with Crippen molar-refractivity contribution in [3.63, 3.8) is 0 Å². The maximum Gasteiger partial charge on any atom is 0.322 e. The molecule has 100 valence electrons. The summed E-state index contributed by atoms with van der Waals surface area (Å²) >= 11 is 0. The highest BCUT2D eigenvalue weighted by Crippen LogP contribution is 2.15. The van der Waals surface area contributed by atoms with Gasteiger partial charge in [-0.15, -0.1) is 0 Å². The van der Waals surface area contributed by atoms with Gasteiger partial charge in [0.15, 0.2) is 5.75 Å². The molecule has 0 aromatic heterocycles. The Morgan fingerprint density at radius 3 is 2.67 bits per heavy atom. The van der Waals surface area contributed by atoms with Crippen LogP contribution in [0.5, 0.6) is 5.75 Å². The number of hydrogen-bond donors (Lipinski definition) is 2. The minimum absolute atomic E-state index is 0.00339. The molecule has 0 atom stereocenters. The first kappa shape index (κ1) is 14.5. The highest BCUT2D eigenvalue weighted by Gasteiger charge is 2.17. The summed E-state index contributed by atoms with van der Waals surface area (Å²) in [6.45, 7) is 1.65. The van der Waals surface area contributed by atoms with Crippen molar-refractivity contribution in [2.75, 3.05) is 12.4 Å². The fraction of sp³-hybridized carbons (Fsp3) is 0.364. The lowest BCUT2D eigenvalue weighted by Gasteiger charge is -2.07. The molecule has 0 heterocycles. The molecule has 0 aliphatic carbocycles. The van der Waals surface area contributed by atoms with Crippen LogP contribution in [0.1, 0.15) is 12.5 Å². The topological polar surface area (TPSA) is 92.7 Å².